The van der Waals surface area contributed by atoms with Crippen LogP contribution in [0.3, 0.4) is 0 Å². The van der Waals surface area contributed by atoms with Gasteiger partial charge in [0.1, 0.15) is 5.76 Å². The van der Waals surface area contributed by atoms with Gasteiger partial charge in [0.2, 0.25) is 5.03 Å². The second-order valence-corrected chi connectivity index (χ2v) is 6.46. The molecule has 1 fully saturated rings. The molecule has 2 heterocycles. The van der Waals surface area contributed by atoms with E-state index < -0.39 is 20.9 Å². The summed E-state index contributed by atoms with van der Waals surface area (Å²) in [4.78, 5) is 3.68. The normalized spacial score (nSPS) is 15.7. The van der Waals surface area contributed by atoms with E-state index in [-0.39, 0.29) is 12.6 Å². The molecule has 2 aromatic rings. The Bertz CT molecular complexity index is 696. The van der Waals surface area contributed by atoms with Gasteiger partial charge in [0.05, 0.1) is 12.8 Å². The van der Waals surface area contributed by atoms with Crippen molar-refractivity contribution in [2.75, 3.05) is 0 Å². The maximum absolute atomic E-state index is 13.7. The summed E-state index contributed by atoms with van der Waals surface area (Å²) >= 11 is 0. The molecular formula is C13H13FN2O3S. The van der Waals surface area contributed by atoms with Crippen molar-refractivity contribution in [3.63, 3.8) is 0 Å². The molecule has 1 saturated carbocycles. The Balaban J connectivity index is 1.96. The van der Waals surface area contributed by atoms with Crippen LogP contribution in [0.5, 0.6) is 0 Å². The Morgan fingerprint density at radius 2 is 2.15 bits per heavy atom. The summed E-state index contributed by atoms with van der Waals surface area (Å²) in [6.45, 7) is 0.0933. The molecule has 0 spiro atoms. The van der Waals surface area contributed by atoms with Crippen LogP contribution in [0.25, 0.3) is 0 Å². The zero-order chi connectivity index (χ0) is 14.2. The zero-order valence-corrected chi connectivity index (χ0v) is 11.4. The molecule has 0 amide bonds. The van der Waals surface area contributed by atoms with Crippen LogP contribution in [-0.4, -0.2) is 23.7 Å². The number of halogens is 1. The fourth-order valence-corrected chi connectivity index (χ4v) is 3.63. The SMILES string of the molecule is O=S(=O)(c1ncccc1F)N(Cc1ccco1)C1CC1. The Hall–Kier alpha value is -1.73. The van der Waals surface area contributed by atoms with Gasteiger partial charge in [-0.25, -0.2) is 17.8 Å². The van der Waals surface area contributed by atoms with Gasteiger partial charge in [-0.2, -0.15) is 4.31 Å². The molecule has 0 N–H and O–H groups in total. The first kappa shape index (κ1) is 13.3. The minimum atomic E-state index is -3.96. The van der Waals surface area contributed by atoms with Crippen LogP contribution in [0, 0.1) is 5.82 Å². The first-order valence-corrected chi connectivity index (χ1v) is 7.68. The lowest BCUT2D eigenvalue weighted by Crippen LogP contribution is -2.33. The molecule has 0 aromatic carbocycles. The predicted octanol–water partition coefficient (Wildman–Crippen LogP) is 2.17. The number of hydrogen-bond acceptors (Lipinski definition) is 4. The molecule has 0 radical (unpaired) electrons. The van der Waals surface area contributed by atoms with Crippen LogP contribution < -0.4 is 0 Å². The molecular weight excluding hydrogens is 283 g/mol. The van der Waals surface area contributed by atoms with Crippen LogP contribution in [0.2, 0.25) is 0 Å². The largest absolute Gasteiger partial charge is 0.468 e. The average molecular weight is 296 g/mol. The smallest absolute Gasteiger partial charge is 0.264 e. The average Bonchev–Trinajstić information content (AvgIpc) is 3.12. The Labute approximate surface area is 116 Å². The molecule has 20 heavy (non-hydrogen) atoms. The van der Waals surface area contributed by atoms with Crippen LogP contribution in [0.4, 0.5) is 4.39 Å². The molecule has 5 nitrogen and oxygen atoms in total. The van der Waals surface area contributed by atoms with Crippen LogP contribution in [0.1, 0.15) is 18.6 Å². The summed E-state index contributed by atoms with van der Waals surface area (Å²) in [7, 11) is -3.96. The highest BCUT2D eigenvalue weighted by Gasteiger charge is 2.40. The van der Waals surface area contributed by atoms with Gasteiger partial charge in [0.25, 0.3) is 10.0 Å². The topological polar surface area (TPSA) is 63.4 Å². The highest BCUT2D eigenvalue weighted by atomic mass is 32.2. The van der Waals surface area contributed by atoms with Crippen molar-refractivity contribution >= 4 is 10.0 Å². The van der Waals surface area contributed by atoms with Crippen molar-refractivity contribution < 1.29 is 17.2 Å². The Morgan fingerprint density at radius 3 is 2.75 bits per heavy atom. The third kappa shape index (κ3) is 2.46. The molecule has 0 unspecified atom stereocenters. The van der Waals surface area contributed by atoms with E-state index in [2.05, 4.69) is 4.98 Å². The van der Waals surface area contributed by atoms with Gasteiger partial charge in [-0.1, -0.05) is 0 Å². The minimum Gasteiger partial charge on any atom is -0.468 e. The summed E-state index contributed by atoms with van der Waals surface area (Å²) in [5.41, 5.74) is 0. The molecule has 106 valence electrons. The zero-order valence-electron chi connectivity index (χ0n) is 10.6. The van der Waals surface area contributed by atoms with Gasteiger partial charge in [0.15, 0.2) is 5.82 Å². The van der Waals surface area contributed by atoms with Gasteiger partial charge in [-0.3, -0.25) is 0 Å². The van der Waals surface area contributed by atoms with E-state index in [1.807, 2.05) is 0 Å². The van der Waals surface area contributed by atoms with E-state index in [4.69, 9.17) is 4.42 Å². The van der Waals surface area contributed by atoms with Gasteiger partial charge in [-0.05, 0) is 37.1 Å². The first-order chi connectivity index (χ1) is 9.59. The van der Waals surface area contributed by atoms with E-state index in [0.717, 1.165) is 18.9 Å². The van der Waals surface area contributed by atoms with Gasteiger partial charge in [-0.15, -0.1) is 0 Å². The second kappa shape index (κ2) is 4.99. The lowest BCUT2D eigenvalue weighted by atomic mass is 10.4. The van der Waals surface area contributed by atoms with Crippen molar-refractivity contribution in [1.29, 1.82) is 0 Å². The minimum absolute atomic E-state index is 0.0933. The summed E-state index contributed by atoms with van der Waals surface area (Å²) in [5, 5.41) is -0.529. The van der Waals surface area contributed by atoms with Crippen molar-refractivity contribution in [1.82, 2.24) is 9.29 Å². The van der Waals surface area contributed by atoms with E-state index in [0.29, 0.717) is 5.76 Å². The van der Waals surface area contributed by atoms with Gasteiger partial charge in [0, 0.05) is 12.2 Å². The van der Waals surface area contributed by atoms with Crippen molar-refractivity contribution in [2.45, 2.75) is 30.5 Å². The van der Waals surface area contributed by atoms with Crippen LogP contribution in [0.15, 0.2) is 46.2 Å². The standard InChI is InChI=1S/C13H13FN2O3S/c14-12-4-1-7-15-13(12)20(17,18)16(10-5-6-10)9-11-3-2-8-19-11/h1-4,7-8,10H,5-6,9H2. The Kier molecular flexibility index (Phi) is 3.31. The number of rotatable bonds is 5. The lowest BCUT2D eigenvalue weighted by Gasteiger charge is -2.20. The third-order valence-corrected chi connectivity index (χ3v) is 4.96. The molecule has 0 atom stereocenters. The maximum Gasteiger partial charge on any atom is 0.264 e. The molecule has 0 aliphatic heterocycles. The van der Waals surface area contributed by atoms with E-state index in [1.165, 1.54) is 22.8 Å². The molecule has 2 aromatic heterocycles. The highest BCUT2D eigenvalue weighted by molar-refractivity contribution is 7.89. The lowest BCUT2D eigenvalue weighted by molar-refractivity contribution is 0.353. The number of furan rings is 1. The van der Waals surface area contributed by atoms with Crippen molar-refractivity contribution in [3.05, 3.63) is 48.3 Å². The summed E-state index contributed by atoms with van der Waals surface area (Å²) in [6, 6.07) is 5.74. The van der Waals surface area contributed by atoms with E-state index >= 15 is 0 Å². The number of pyridine rings is 1. The summed E-state index contributed by atoms with van der Waals surface area (Å²) < 4.78 is 45.2. The quantitative estimate of drug-likeness (QED) is 0.848. The molecule has 1 aliphatic carbocycles. The van der Waals surface area contributed by atoms with Crippen molar-refractivity contribution in [2.24, 2.45) is 0 Å². The monoisotopic (exact) mass is 296 g/mol. The highest BCUT2D eigenvalue weighted by Crippen LogP contribution is 2.33. The summed E-state index contributed by atoms with van der Waals surface area (Å²) in [6.07, 6.45) is 4.30. The molecule has 0 saturated heterocycles. The van der Waals surface area contributed by atoms with Crippen molar-refractivity contribution in [3.8, 4) is 0 Å². The molecule has 7 heteroatoms. The van der Waals surface area contributed by atoms with Gasteiger partial charge < -0.3 is 4.42 Å². The number of nitrogens with zero attached hydrogens (tertiary/aromatic N) is 2. The fraction of sp³-hybridized carbons (Fsp3) is 0.308. The maximum atomic E-state index is 13.7. The van der Waals surface area contributed by atoms with Crippen LogP contribution in [-0.2, 0) is 16.6 Å². The Morgan fingerprint density at radius 1 is 1.35 bits per heavy atom. The molecule has 0 bridgehead atoms. The molecule has 1 aliphatic rings. The number of hydrogen-bond donors (Lipinski definition) is 0. The second-order valence-electron chi connectivity index (χ2n) is 4.65. The van der Waals surface area contributed by atoms with Crippen LogP contribution >= 0.6 is 0 Å². The number of sulfonamides is 1. The molecule has 3 rings (SSSR count). The van der Waals surface area contributed by atoms with E-state index in [1.54, 1.807) is 12.1 Å². The summed E-state index contributed by atoms with van der Waals surface area (Å²) in [5.74, 6) is -0.311. The van der Waals surface area contributed by atoms with E-state index in [9.17, 15) is 12.8 Å². The predicted molar refractivity (Wildman–Crippen MR) is 68.7 cm³/mol. The van der Waals surface area contributed by atoms with Gasteiger partial charge >= 0.3 is 0 Å². The third-order valence-electron chi connectivity index (χ3n) is 3.12. The fourth-order valence-electron chi connectivity index (χ4n) is 2.00. The first-order valence-electron chi connectivity index (χ1n) is 6.24. The number of aromatic nitrogens is 1.